The molecule has 0 aliphatic heterocycles. The summed E-state index contributed by atoms with van der Waals surface area (Å²) < 4.78 is 1.11. The Morgan fingerprint density at radius 1 is 1.15 bits per heavy atom. The third-order valence-corrected chi connectivity index (χ3v) is 5.71. The van der Waals surface area contributed by atoms with Gasteiger partial charge in [0, 0.05) is 20.6 Å². The molecule has 0 saturated carbocycles. The lowest BCUT2D eigenvalue weighted by molar-refractivity contribution is 0.657. The van der Waals surface area contributed by atoms with Crippen LogP contribution >= 0.6 is 39.3 Å². The second-order valence-electron chi connectivity index (χ2n) is 4.78. The van der Waals surface area contributed by atoms with Gasteiger partial charge < -0.3 is 0 Å². The standard InChI is InChI=1S/C15H14BrClN2S/c16-11-6-2-4-8-13(11)20-9-14-18-12-7-3-1-5-10(12)15(17)19-14/h2,4,6,8H,1,3,5,7,9H2. The van der Waals surface area contributed by atoms with Crippen molar-refractivity contribution >= 4 is 39.3 Å². The highest BCUT2D eigenvalue weighted by molar-refractivity contribution is 9.10. The third-order valence-electron chi connectivity index (χ3n) is 3.37. The zero-order chi connectivity index (χ0) is 13.9. The van der Waals surface area contributed by atoms with Crippen LogP contribution in [0.15, 0.2) is 33.6 Å². The van der Waals surface area contributed by atoms with Crippen molar-refractivity contribution in [1.82, 2.24) is 9.97 Å². The maximum Gasteiger partial charge on any atom is 0.140 e. The van der Waals surface area contributed by atoms with E-state index in [1.165, 1.54) is 17.7 Å². The van der Waals surface area contributed by atoms with Crippen molar-refractivity contribution < 1.29 is 0 Å². The number of nitrogens with zero attached hydrogens (tertiary/aromatic N) is 2. The summed E-state index contributed by atoms with van der Waals surface area (Å²) >= 11 is 11.6. The first kappa shape index (κ1) is 14.4. The van der Waals surface area contributed by atoms with Gasteiger partial charge in [-0.2, -0.15) is 0 Å². The molecule has 0 unspecified atom stereocenters. The van der Waals surface area contributed by atoms with Crippen LogP contribution in [0.2, 0.25) is 5.15 Å². The van der Waals surface area contributed by atoms with Crippen LogP contribution in [0.5, 0.6) is 0 Å². The summed E-state index contributed by atoms with van der Waals surface area (Å²) in [6.07, 6.45) is 4.45. The molecular formula is C15H14BrClN2S. The Morgan fingerprint density at radius 2 is 1.95 bits per heavy atom. The molecule has 1 aliphatic rings. The molecule has 0 spiro atoms. The van der Waals surface area contributed by atoms with Gasteiger partial charge in [0.25, 0.3) is 0 Å². The molecule has 1 heterocycles. The fourth-order valence-electron chi connectivity index (χ4n) is 2.37. The highest BCUT2D eigenvalue weighted by Crippen LogP contribution is 2.30. The number of hydrogen-bond donors (Lipinski definition) is 0. The number of aryl methyl sites for hydroxylation is 1. The maximum atomic E-state index is 6.29. The van der Waals surface area contributed by atoms with E-state index in [0.29, 0.717) is 5.15 Å². The molecule has 0 atom stereocenters. The number of aromatic nitrogens is 2. The Balaban J connectivity index is 1.78. The highest BCUT2D eigenvalue weighted by Gasteiger charge is 2.16. The number of fused-ring (bicyclic) bond motifs is 1. The summed E-state index contributed by atoms with van der Waals surface area (Å²) in [5.74, 6) is 1.58. The average Bonchev–Trinajstić information content (AvgIpc) is 2.46. The molecule has 1 aromatic carbocycles. The van der Waals surface area contributed by atoms with Gasteiger partial charge >= 0.3 is 0 Å². The predicted octanol–water partition coefficient (Wildman–Crippen LogP) is 5.06. The molecule has 0 saturated heterocycles. The Bertz CT molecular complexity index is 633. The molecule has 3 rings (SSSR count). The first-order valence-electron chi connectivity index (χ1n) is 6.65. The molecule has 2 aromatic rings. The predicted molar refractivity (Wildman–Crippen MR) is 87.4 cm³/mol. The van der Waals surface area contributed by atoms with Crippen molar-refractivity contribution in [1.29, 1.82) is 0 Å². The first-order chi connectivity index (χ1) is 9.74. The van der Waals surface area contributed by atoms with Gasteiger partial charge in [-0.3, -0.25) is 0 Å². The van der Waals surface area contributed by atoms with Crippen LogP contribution in [-0.4, -0.2) is 9.97 Å². The lowest BCUT2D eigenvalue weighted by Crippen LogP contribution is -2.10. The summed E-state index contributed by atoms with van der Waals surface area (Å²) in [5.41, 5.74) is 2.31. The SMILES string of the molecule is Clc1nc(CSc2ccccc2Br)nc2c1CCCC2. The van der Waals surface area contributed by atoms with Crippen molar-refractivity contribution in [2.24, 2.45) is 0 Å². The number of rotatable bonds is 3. The lowest BCUT2D eigenvalue weighted by Gasteiger charge is -2.16. The lowest BCUT2D eigenvalue weighted by atomic mass is 9.97. The normalized spacial score (nSPS) is 14.1. The fraction of sp³-hybridized carbons (Fsp3) is 0.333. The molecule has 0 radical (unpaired) electrons. The minimum atomic E-state index is 0.650. The van der Waals surface area contributed by atoms with E-state index in [2.05, 4.69) is 32.0 Å². The average molecular weight is 370 g/mol. The van der Waals surface area contributed by atoms with Crippen molar-refractivity contribution in [3.63, 3.8) is 0 Å². The molecule has 1 aromatic heterocycles. The van der Waals surface area contributed by atoms with Crippen LogP contribution in [0.25, 0.3) is 0 Å². The molecule has 104 valence electrons. The fourth-order valence-corrected chi connectivity index (χ4v) is 4.09. The summed E-state index contributed by atoms with van der Waals surface area (Å²) in [5, 5.41) is 0.650. The largest absolute Gasteiger partial charge is 0.237 e. The molecular weight excluding hydrogens is 356 g/mol. The van der Waals surface area contributed by atoms with E-state index in [-0.39, 0.29) is 0 Å². The number of hydrogen-bond acceptors (Lipinski definition) is 3. The Kier molecular flexibility index (Phi) is 4.64. The molecule has 0 fully saturated rings. The van der Waals surface area contributed by atoms with E-state index in [1.807, 2.05) is 18.2 Å². The van der Waals surface area contributed by atoms with E-state index < -0.39 is 0 Å². The quantitative estimate of drug-likeness (QED) is 0.558. The van der Waals surface area contributed by atoms with Crippen LogP contribution < -0.4 is 0 Å². The van der Waals surface area contributed by atoms with Crippen molar-refractivity contribution in [3.05, 3.63) is 51.0 Å². The van der Waals surface area contributed by atoms with Gasteiger partial charge in [0.1, 0.15) is 11.0 Å². The van der Waals surface area contributed by atoms with Gasteiger partial charge in [0.05, 0.1) is 5.75 Å². The molecule has 2 nitrogen and oxygen atoms in total. The van der Waals surface area contributed by atoms with Crippen LogP contribution in [0.4, 0.5) is 0 Å². The van der Waals surface area contributed by atoms with Crippen molar-refractivity contribution in [2.75, 3.05) is 0 Å². The molecule has 5 heteroatoms. The summed E-state index contributed by atoms with van der Waals surface area (Å²) in [6.45, 7) is 0. The first-order valence-corrected chi connectivity index (χ1v) is 8.81. The van der Waals surface area contributed by atoms with E-state index in [1.54, 1.807) is 11.8 Å². The molecule has 1 aliphatic carbocycles. The third kappa shape index (κ3) is 3.18. The minimum absolute atomic E-state index is 0.650. The topological polar surface area (TPSA) is 25.8 Å². The minimum Gasteiger partial charge on any atom is -0.237 e. The smallest absolute Gasteiger partial charge is 0.140 e. The van der Waals surface area contributed by atoms with Gasteiger partial charge in [-0.25, -0.2) is 9.97 Å². The van der Waals surface area contributed by atoms with Gasteiger partial charge in [-0.05, 0) is 53.7 Å². The second-order valence-corrected chi connectivity index (χ2v) is 7.01. The zero-order valence-corrected chi connectivity index (χ0v) is 14.1. The van der Waals surface area contributed by atoms with Gasteiger partial charge in [-0.1, -0.05) is 23.7 Å². The van der Waals surface area contributed by atoms with Crippen molar-refractivity contribution in [2.45, 2.75) is 36.3 Å². The number of halogens is 2. The van der Waals surface area contributed by atoms with E-state index in [9.17, 15) is 0 Å². The van der Waals surface area contributed by atoms with Crippen LogP contribution in [-0.2, 0) is 18.6 Å². The maximum absolute atomic E-state index is 6.29. The zero-order valence-electron chi connectivity index (χ0n) is 10.9. The molecule has 20 heavy (non-hydrogen) atoms. The molecule has 0 bridgehead atoms. The Labute approximate surface area is 136 Å². The Morgan fingerprint density at radius 3 is 2.80 bits per heavy atom. The van der Waals surface area contributed by atoms with E-state index in [0.717, 1.165) is 40.1 Å². The number of thioether (sulfide) groups is 1. The van der Waals surface area contributed by atoms with Crippen LogP contribution in [0, 0.1) is 0 Å². The van der Waals surface area contributed by atoms with Gasteiger partial charge in [0.15, 0.2) is 0 Å². The second kappa shape index (κ2) is 6.46. The monoisotopic (exact) mass is 368 g/mol. The Hall–Kier alpha value is -0.580. The number of benzene rings is 1. The van der Waals surface area contributed by atoms with E-state index >= 15 is 0 Å². The summed E-state index contributed by atoms with van der Waals surface area (Å²) in [6, 6.07) is 8.19. The van der Waals surface area contributed by atoms with Crippen LogP contribution in [0.1, 0.15) is 29.9 Å². The van der Waals surface area contributed by atoms with Gasteiger partial charge in [-0.15, -0.1) is 11.8 Å². The van der Waals surface area contributed by atoms with Crippen LogP contribution in [0.3, 0.4) is 0 Å². The van der Waals surface area contributed by atoms with Gasteiger partial charge in [0.2, 0.25) is 0 Å². The molecule has 0 N–H and O–H groups in total. The summed E-state index contributed by atoms with van der Waals surface area (Å²) in [7, 11) is 0. The van der Waals surface area contributed by atoms with E-state index in [4.69, 9.17) is 11.6 Å². The highest BCUT2D eigenvalue weighted by atomic mass is 79.9. The molecule has 0 amide bonds. The summed E-state index contributed by atoms with van der Waals surface area (Å²) in [4.78, 5) is 10.3. The van der Waals surface area contributed by atoms with Crippen molar-refractivity contribution in [3.8, 4) is 0 Å².